The fourth-order valence-corrected chi connectivity index (χ4v) is 2.25. The number of aromatic nitrogens is 2. The van der Waals surface area contributed by atoms with Gasteiger partial charge in [-0.25, -0.2) is 4.98 Å². The minimum atomic E-state index is -0.327. The van der Waals surface area contributed by atoms with E-state index in [1.54, 1.807) is 0 Å². The van der Waals surface area contributed by atoms with Crippen LogP contribution in [0.25, 0.3) is 5.65 Å². The van der Waals surface area contributed by atoms with Crippen molar-refractivity contribution in [2.75, 3.05) is 0 Å². The molecule has 1 aliphatic rings. The van der Waals surface area contributed by atoms with E-state index in [-0.39, 0.29) is 18.3 Å². The Morgan fingerprint density at radius 3 is 2.42 bits per heavy atom. The second kappa shape index (κ2) is 3.84. The van der Waals surface area contributed by atoms with E-state index in [9.17, 15) is 0 Å². The second-order valence-corrected chi connectivity index (χ2v) is 6.20. The summed E-state index contributed by atoms with van der Waals surface area (Å²) in [5.74, 6) is 0. The minimum absolute atomic E-state index is 0.310. The Labute approximate surface area is 113 Å². The first-order valence-electron chi connectivity index (χ1n) is 6.59. The molecule has 0 N–H and O–H groups in total. The molecule has 19 heavy (non-hydrogen) atoms. The van der Waals surface area contributed by atoms with Crippen molar-refractivity contribution in [2.24, 2.45) is 0 Å². The summed E-state index contributed by atoms with van der Waals surface area (Å²) < 4.78 is 14.1. The second-order valence-electron chi connectivity index (χ2n) is 6.20. The van der Waals surface area contributed by atoms with Crippen molar-refractivity contribution >= 4 is 18.2 Å². The lowest BCUT2D eigenvalue weighted by Gasteiger charge is -2.32. The lowest BCUT2D eigenvalue weighted by atomic mass is 9.80. The molecular weight excluding hydrogens is 239 g/mol. The van der Waals surface area contributed by atoms with Crippen LogP contribution >= 0.6 is 0 Å². The molecule has 2 aromatic heterocycles. The highest BCUT2D eigenvalue weighted by Gasteiger charge is 2.51. The summed E-state index contributed by atoms with van der Waals surface area (Å²) in [6, 6.07) is 4.05. The molecule has 0 atom stereocenters. The zero-order valence-corrected chi connectivity index (χ0v) is 12.1. The zero-order valence-electron chi connectivity index (χ0n) is 12.1. The summed E-state index contributed by atoms with van der Waals surface area (Å²) in [7, 11) is -0.327. The molecule has 3 heterocycles. The third-order valence-electron chi connectivity index (χ3n) is 4.13. The zero-order chi connectivity index (χ0) is 13.8. The van der Waals surface area contributed by atoms with E-state index in [0.717, 1.165) is 16.8 Å². The molecule has 0 aliphatic carbocycles. The summed E-state index contributed by atoms with van der Waals surface area (Å²) >= 11 is 0. The Hall–Kier alpha value is -1.33. The first kappa shape index (κ1) is 12.7. The summed E-state index contributed by atoms with van der Waals surface area (Å²) in [6.45, 7) is 10.2. The molecule has 0 aromatic carbocycles. The van der Waals surface area contributed by atoms with Gasteiger partial charge in [-0.3, -0.25) is 0 Å². The minimum Gasteiger partial charge on any atom is -0.399 e. The van der Waals surface area contributed by atoms with E-state index in [4.69, 9.17) is 9.31 Å². The molecular formula is C14H19BN2O2. The van der Waals surface area contributed by atoms with Crippen LogP contribution in [0.4, 0.5) is 0 Å². The number of rotatable bonds is 1. The van der Waals surface area contributed by atoms with E-state index in [0.29, 0.717) is 0 Å². The van der Waals surface area contributed by atoms with Crippen LogP contribution in [0.2, 0.25) is 0 Å². The van der Waals surface area contributed by atoms with Crippen molar-refractivity contribution in [3.8, 4) is 0 Å². The van der Waals surface area contributed by atoms with Gasteiger partial charge in [0.25, 0.3) is 0 Å². The van der Waals surface area contributed by atoms with Gasteiger partial charge in [0.05, 0.1) is 16.9 Å². The van der Waals surface area contributed by atoms with Crippen LogP contribution in [-0.4, -0.2) is 27.7 Å². The topological polar surface area (TPSA) is 35.8 Å². The maximum atomic E-state index is 6.05. The van der Waals surface area contributed by atoms with Gasteiger partial charge in [0.2, 0.25) is 0 Å². The highest BCUT2D eigenvalue weighted by atomic mass is 16.7. The van der Waals surface area contributed by atoms with Gasteiger partial charge in [0, 0.05) is 12.4 Å². The molecule has 1 fully saturated rings. The van der Waals surface area contributed by atoms with Gasteiger partial charge in [0.15, 0.2) is 0 Å². The molecule has 100 valence electrons. The number of fused-ring (bicyclic) bond motifs is 1. The lowest BCUT2D eigenvalue weighted by molar-refractivity contribution is 0.00578. The normalized spacial score (nSPS) is 21.2. The first-order chi connectivity index (χ1) is 8.78. The van der Waals surface area contributed by atoms with Gasteiger partial charge in [-0.05, 0) is 52.2 Å². The standard InChI is InChI=1S/C14H19BN2O2/c1-10-9-17-7-6-11(8-12(17)16-10)15-18-13(2,3)14(4,5)19-15/h6-9H,1-5H3. The van der Waals surface area contributed by atoms with Gasteiger partial charge >= 0.3 is 7.12 Å². The van der Waals surface area contributed by atoms with Crippen molar-refractivity contribution in [3.63, 3.8) is 0 Å². The predicted molar refractivity (Wildman–Crippen MR) is 75.6 cm³/mol. The Morgan fingerprint density at radius 1 is 1.16 bits per heavy atom. The number of aryl methyl sites for hydroxylation is 1. The largest absolute Gasteiger partial charge is 0.495 e. The lowest BCUT2D eigenvalue weighted by Crippen LogP contribution is -2.41. The first-order valence-corrected chi connectivity index (χ1v) is 6.59. The number of hydrogen-bond acceptors (Lipinski definition) is 3. The average Bonchev–Trinajstić information content (AvgIpc) is 2.74. The maximum absolute atomic E-state index is 6.05. The molecule has 0 saturated carbocycles. The third kappa shape index (κ3) is 1.97. The van der Waals surface area contributed by atoms with Crippen molar-refractivity contribution < 1.29 is 9.31 Å². The maximum Gasteiger partial charge on any atom is 0.495 e. The SMILES string of the molecule is Cc1cn2ccc(B3OC(C)(C)C(C)(C)O3)cc2n1. The highest BCUT2D eigenvalue weighted by Crippen LogP contribution is 2.36. The summed E-state index contributed by atoms with van der Waals surface area (Å²) in [6.07, 6.45) is 4.00. The van der Waals surface area contributed by atoms with Crippen LogP contribution in [0.5, 0.6) is 0 Å². The smallest absolute Gasteiger partial charge is 0.399 e. The Balaban J connectivity index is 1.97. The van der Waals surface area contributed by atoms with Crippen molar-refractivity contribution in [2.45, 2.75) is 45.8 Å². The van der Waals surface area contributed by atoms with Gasteiger partial charge in [0.1, 0.15) is 5.65 Å². The molecule has 4 nitrogen and oxygen atoms in total. The van der Waals surface area contributed by atoms with Crippen LogP contribution in [0, 0.1) is 6.92 Å². The van der Waals surface area contributed by atoms with Gasteiger partial charge in [-0.1, -0.05) is 0 Å². The fraction of sp³-hybridized carbons (Fsp3) is 0.500. The molecule has 0 spiro atoms. The molecule has 5 heteroatoms. The Kier molecular flexibility index (Phi) is 2.56. The molecule has 0 radical (unpaired) electrons. The number of nitrogens with zero attached hydrogens (tertiary/aromatic N) is 2. The molecule has 1 saturated heterocycles. The highest BCUT2D eigenvalue weighted by molar-refractivity contribution is 6.62. The molecule has 3 rings (SSSR count). The van der Waals surface area contributed by atoms with Crippen LogP contribution in [0.1, 0.15) is 33.4 Å². The van der Waals surface area contributed by atoms with Crippen molar-refractivity contribution in [1.82, 2.24) is 9.38 Å². The Morgan fingerprint density at radius 2 is 1.79 bits per heavy atom. The Bertz CT molecular complexity index is 617. The van der Waals surface area contributed by atoms with Crippen LogP contribution in [0.15, 0.2) is 24.5 Å². The molecule has 0 amide bonds. The van der Waals surface area contributed by atoms with E-state index in [2.05, 4.69) is 32.7 Å². The molecule has 2 aromatic rings. The number of hydrogen-bond donors (Lipinski definition) is 0. The van der Waals surface area contributed by atoms with Gasteiger partial charge in [-0.15, -0.1) is 0 Å². The van der Waals surface area contributed by atoms with Crippen LogP contribution < -0.4 is 5.46 Å². The van der Waals surface area contributed by atoms with E-state index >= 15 is 0 Å². The summed E-state index contributed by atoms with van der Waals surface area (Å²) in [5.41, 5.74) is 2.32. The van der Waals surface area contributed by atoms with E-state index < -0.39 is 0 Å². The van der Waals surface area contributed by atoms with Gasteiger partial charge in [-0.2, -0.15) is 0 Å². The number of pyridine rings is 1. The summed E-state index contributed by atoms with van der Waals surface area (Å²) in [5, 5.41) is 0. The van der Waals surface area contributed by atoms with Crippen molar-refractivity contribution in [3.05, 3.63) is 30.2 Å². The van der Waals surface area contributed by atoms with Crippen LogP contribution in [0.3, 0.4) is 0 Å². The van der Waals surface area contributed by atoms with Crippen molar-refractivity contribution in [1.29, 1.82) is 0 Å². The monoisotopic (exact) mass is 258 g/mol. The number of imidazole rings is 1. The van der Waals surface area contributed by atoms with E-state index in [1.807, 2.05) is 35.9 Å². The third-order valence-corrected chi connectivity index (χ3v) is 4.13. The summed E-state index contributed by atoms with van der Waals surface area (Å²) in [4.78, 5) is 4.47. The molecule has 1 aliphatic heterocycles. The van der Waals surface area contributed by atoms with E-state index in [1.165, 1.54) is 0 Å². The fourth-order valence-electron chi connectivity index (χ4n) is 2.25. The predicted octanol–water partition coefficient (Wildman–Crippen LogP) is 1.94. The quantitative estimate of drug-likeness (QED) is 0.733. The van der Waals surface area contributed by atoms with Crippen LogP contribution in [-0.2, 0) is 9.31 Å². The van der Waals surface area contributed by atoms with Gasteiger partial charge < -0.3 is 13.7 Å². The molecule has 0 bridgehead atoms. The molecule has 0 unspecified atom stereocenters. The average molecular weight is 258 g/mol.